The SMILES string of the molecule is C/C=C\C(C)C1C(=O)CCC1=NC. The van der Waals surface area contributed by atoms with Gasteiger partial charge in [-0.2, -0.15) is 0 Å². The Labute approximate surface area is 79.8 Å². The number of hydrogen-bond donors (Lipinski definition) is 0. The van der Waals surface area contributed by atoms with Crippen molar-refractivity contribution in [2.45, 2.75) is 26.7 Å². The average Bonchev–Trinajstić information content (AvgIpc) is 2.47. The van der Waals surface area contributed by atoms with Gasteiger partial charge in [-0.1, -0.05) is 19.1 Å². The predicted molar refractivity (Wildman–Crippen MR) is 55.1 cm³/mol. The fraction of sp³-hybridized carbons (Fsp3) is 0.636. The maximum absolute atomic E-state index is 11.5. The summed E-state index contributed by atoms with van der Waals surface area (Å²) in [5.74, 6) is 0.714. The molecule has 1 aliphatic carbocycles. The van der Waals surface area contributed by atoms with Gasteiger partial charge in [-0.3, -0.25) is 9.79 Å². The molecule has 1 rings (SSSR count). The van der Waals surface area contributed by atoms with Gasteiger partial charge in [0.05, 0.1) is 5.92 Å². The lowest BCUT2D eigenvalue weighted by atomic mass is 9.90. The molecule has 1 fully saturated rings. The molecular weight excluding hydrogens is 162 g/mol. The molecule has 13 heavy (non-hydrogen) atoms. The molecular formula is C11H17NO. The molecule has 0 saturated heterocycles. The van der Waals surface area contributed by atoms with Crippen LogP contribution in [0, 0.1) is 11.8 Å². The second-order valence-electron chi connectivity index (χ2n) is 3.54. The summed E-state index contributed by atoms with van der Waals surface area (Å²) in [5, 5.41) is 0. The minimum atomic E-state index is 0.0567. The van der Waals surface area contributed by atoms with Crippen LogP contribution in [-0.4, -0.2) is 18.5 Å². The van der Waals surface area contributed by atoms with E-state index in [-0.39, 0.29) is 5.92 Å². The van der Waals surface area contributed by atoms with Gasteiger partial charge in [0.15, 0.2) is 0 Å². The largest absolute Gasteiger partial charge is 0.299 e. The zero-order chi connectivity index (χ0) is 9.84. The van der Waals surface area contributed by atoms with Crippen molar-refractivity contribution in [3.05, 3.63) is 12.2 Å². The number of allylic oxidation sites excluding steroid dienone is 2. The van der Waals surface area contributed by atoms with Crippen LogP contribution in [0.2, 0.25) is 0 Å². The van der Waals surface area contributed by atoms with Crippen LogP contribution in [0.3, 0.4) is 0 Å². The first-order valence-electron chi connectivity index (χ1n) is 4.81. The van der Waals surface area contributed by atoms with Gasteiger partial charge in [0.25, 0.3) is 0 Å². The highest BCUT2D eigenvalue weighted by atomic mass is 16.1. The predicted octanol–water partition coefficient (Wildman–Crippen LogP) is 2.25. The molecule has 2 unspecified atom stereocenters. The van der Waals surface area contributed by atoms with Crippen LogP contribution in [0.4, 0.5) is 0 Å². The number of hydrogen-bond acceptors (Lipinski definition) is 2. The molecule has 0 spiro atoms. The third kappa shape index (κ3) is 2.06. The van der Waals surface area contributed by atoms with Gasteiger partial charge in [-0.15, -0.1) is 0 Å². The highest BCUT2D eigenvalue weighted by Crippen LogP contribution is 2.26. The number of nitrogens with zero attached hydrogens (tertiary/aromatic N) is 1. The molecule has 0 amide bonds. The van der Waals surface area contributed by atoms with Crippen molar-refractivity contribution in [1.29, 1.82) is 0 Å². The van der Waals surface area contributed by atoms with E-state index in [0.717, 1.165) is 12.1 Å². The Morgan fingerprint density at radius 3 is 2.77 bits per heavy atom. The quantitative estimate of drug-likeness (QED) is 0.598. The van der Waals surface area contributed by atoms with Crippen molar-refractivity contribution >= 4 is 11.5 Å². The van der Waals surface area contributed by atoms with E-state index in [0.29, 0.717) is 18.1 Å². The third-order valence-electron chi connectivity index (χ3n) is 2.64. The summed E-state index contributed by atoms with van der Waals surface area (Å²) < 4.78 is 0. The summed E-state index contributed by atoms with van der Waals surface area (Å²) in [6.45, 7) is 4.07. The number of carbonyl (C=O) groups is 1. The maximum Gasteiger partial charge on any atom is 0.142 e. The highest BCUT2D eigenvalue weighted by molar-refractivity contribution is 6.11. The van der Waals surface area contributed by atoms with Crippen LogP contribution in [0.15, 0.2) is 17.1 Å². The topological polar surface area (TPSA) is 29.4 Å². The molecule has 0 aromatic carbocycles. The standard InChI is InChI=1S/C11H17NO/c1-4-5-8(2)11-9(12-3)6-7-10(11)13/h4-5,8,11H,6-7H2,1-3H3/b5-4-,12-9?. The molecule has 0 aromatic heterocycles. The summed E-state index contributed by atoms with van der Waals surface area (Å²) in [7, 11) is 1.78. The first-order chi connectivity index (χ1) is 6.20. The van der Waals surface area contributed by atoms with E-state index in [2.05, 4.69) is 18.0 Å². The summed E-state index contributed by atoms with van der Waals surface area (Å²) in [5.41, 5.74) is 1.08. The number of rotatable bonds is 2. The summed E-state index contributed by atoms with van der Waals surface area (Å²) in [4.78, 5) is 15.7. The Kier molecular flexibility index (Phi) is 3.40. The fourth-order valence-electron chi connectivity index (χ4n) is 2.01. The van der Waals surface area contributed by atoms with Crippen molar-refractivity contribution < 1.29 is 4.79 Å². The summed E-state index contributed by atoms with van der Waals surface area (Å²) in [6, 6.07) is 0. The zero-order valence-electron chi connectivity index (χ0n) is 8.58. The Hall–Kier alpha value is -0.920. The van der Waals surface area contributed by atoms with Gasteiger partial charge in [0, 0.05) is 19.2 Å². The smallest absolute Gasteiger partial charge is 0.142 e. The van der Waals surface area contributed by atoms with Gasteiger partial charge < -0.3 is 0 Å². The minimum absolute atomic E-state index is 0.0567. The summed E-state index contributed by atoms with van der Waals surface area (Å²) >= 11 is 0. The van der Waals surface area contributed by atoms with E-state index in [1.165, 1.54) is 0 Å². The van der Waals surface area contributed by atoms with Gasteiger partial charge in [0.1, 0.15) is 5.78 Å². The molecule has 2 nitrogen and oxygen atoms in total. The molecule has 0 aromatic rings. The number of ketones is 1. The Balaban J connectivity index is 2.81. The normalized spacial score (nSPS) is 29.0. The van der Waals surface area contributed by atoms with Crippen LogP contribution in [-0.2, 0) is 4.79 Å². The molecule has 1 saturated carbocycles. The lowest BCUT2D eigenvalue weighted by Gasteiger charge is -2.14. The molecule has 0 aliphatic heterocycles. The van der Waals surface area contributed by atoms with E-state index in [1.54, 1.807) is 7.05 Å². The van der Waals surface area contributed by atoms with E-state index < -0.39 is 0 Å². The molecule has 2 atom stereocenters. The van der Waals surface area contributed by atoms with Crippen molar-refractivity contribution in [2.24, 2.45) is 16.8 Å². The van der Waals surface area contributed by atoms with Gasteiger partial charge in [0.2, 0.25) is 0 Å². The Morgan fingerprint density at radius 1 is 1.54 bits per heavy atom. The lowest BCUT2D eigenvalue weighted by Crippen LogP contribution is -2.21. The van der Waals surface area contributed by atoms with E-state index >= 15 is 0 Å². The van der Waals surface area contributed by atoms with Gasteiger partial charge >= 0.3 is 0 Å². The van der Waals surface area contributed by atoms with Crippen molar-refractivity contribution in [2.75, 3.05) is 7.05 Å². The van der Waals surface area contributed by atoms with E-state index in [1.807, 2.05) is 13.0 Å². The number of carbonyl (C=O) groups excluding carboxylic acids is 1. The Morgan fingerprint density at radius 2 is 2.23 bits per heavy atom. The molecule has 2 heteroatoms. The molecule has 0 radical (unpaired) electrons. The van der Waals surface area contributed by atoms with E-state index in [4.69, 9.17) is 0 Å². The van der Waals surface area contributed by atoms with Gasteiger partial charge in [-0.25, -0.2) is 0 Å². The van der Waals surface area contributed by atoms with Crippen molar-refractivity contribution in [1.82, 2.24) is 0 Å². The van der Waals surface area contributed by atoms with E-state index in [9.17, 15) is 4.79 Å². The maximum atomic E-state index is 11.5. The third-order valence-corrected chi connectivity index (χ3v) is 2.64. The molecule has 1 aliphatic rings. The monoisotopic (exact) mass is 179 g/mol. The average molecular weight is 179 g/mol. The van der Waals surface area contributed by atoms with Gasteiger partial charge in [-0.05, 0) is 19.3 Å². The first kappa shape index (κ1) is 10.2. The second kappa shape index (κ2) is 4.35. The molecule has 72 valence electrons. The van der Waals surface area contributed by atoms with Crippen LogP contribution >= 0.6 is 0 Å². The van der Waals surface area contributed by atoms with Crippen molar-refractivity contribution in [3.8, 4) is 0 Å². The molecule has 0 heterocycles. The number of Topliss-reactive ketones (excluding diaryl/α,β-unsaturated/α-hetero) is 1. The Bertz CT molecular complexity index is 253. The van der Waals surface area contributed by atoms with Crippen LogP contribution in [0.25, 0.3) is 0 Å². The zero-order valence-corrected chi connectivity index (χ0v) is 8.58. The summed E-state index contributed by atoms with van der Waals surface area (Å²) in [6.07, 6.45) is 5.63. The highest BCUT2D eigenvalue weighted by Gasteiger charge is 2.33. The fourth-order valence-corrected chi connectivity index (χ4v) is 2.01. The molecule has 0 bridgehead atoms. The first-order valence-corrected chi connectivity index (χ1v) is 4.81. The van der Waals surface area contributed by atoms with Crippen molar-refractivity contribution in [3.63, 3.8) is 0 Å². The van der Waals surface area contributed by atoms with Crippen LogP contribution < -0.4 is 0 Å². The van der Waals surface area contributed by atoms with Crippen LogP contribution in [0.5, 0.6) is 0 Å². The number of aliphatic imine (C=N–C) groups is 1. The lowest BCUT2D eigenvalue weighted by molar-refractivity contribution is -0.120. The molecule has 0 N–H and O–H groups in total. The minimum Gasteiger partial charge on any atom is -0.299 e. The second-order valence-corrected chi connectivity index (χ2v) is 3.54. The van der Waals surface area contributed by atoms with Crippen LogP contribution in [0.1, 0.15) is 26.7 Å².